The van der Waals surface area contributed by atoms with Gasteiger partial charge in [0.1, 0.15) is 18.1 Å². The van der Waals surface area contributed by atoms with Crippen LogP contribution in [0.2, 0.25) is 0 Å². The summed E-state index contributed by atoms with van der Waals surface area (Å²) >= 11 is 0. The predicted molar refractivity (Wildman–Crippen MR) is 109 cm³/mol. The lowest BCUT2D eigenvalue weighted by atomic mass is 9.64. The van der Waals surface area contributed by atoms with E-state index in [0.29, 0.717) is 29.8 Å². The number of aromatic nitrogens is 5. The van der Waals surface area contributed by atoms with Gasteiger partial charge in [0.15, 0.2) is 5.69 Å². The minimum atomic E-state index is -0.415. The van der Waals surface area contributed by atoms with Crippen molar-refractivity contribution in [3.63, 3.8) is 0 Å². The number of piperidine rings is 2. The van der Waals surface area contributed by atoms with Crippen LogP contribution in [0.25, 0.3) is 5.69 Å². The number of hydrogen-bond acceptors (Lipinski definition) is 6. The SMILES string of the molecule is Cc1ccc(-n2nccn2)c(C(=O)N2C3CC(C3)C(C)C2COc2ccc(F)cn2)n1. The fourth-order valence-electron chi connectivity index (χ4n) is 4.62. The summed E-state index contributed by atoms with van der Waals surface area (Å²) in [5.41, 5.74) is 1.63. The maximum atomic E-state index is 13.8. The van der Waals surface area contributed by atoms with Crippen molar-refractivity contribution in [2.75, 3.05) is 6.61 Å². The molecule has 1 amide bonds. The quantitative estimate of drug-likeness (QED) is 0.629. The van der Waals surface area contributed by atoms with E-state index in [2.05, 4.69) is 27.1 Å². The zero-order valence-corrected chi connectivity index (χ0v) is 17.3. The molecule has 3 fully saturated rings. The molecule has 2 aliphatic heterocycles. The molecule has 5 heterocycles. The minimum absolute atomic E-state index is 0.127. The minimum Gasteiger partial charge on any atom is -0.475 e. The van der Waals surface area contributed by atoms with Crippen LogP contribution >= 0.6 is 0 Å². The molecule has 0 spiro atoms. The summed E-state index contributed by atoms with van der Waals surface area (Å²) in [6, 6.07) is 6.50. The first-order chi connectivity index (χ1) is 15.0. The number of amides is 1. The summed E-state index contributed by atoms with van der Waals surface area (Å²) in [6.45, 7) is 4.31. The molecule has 8 nitrogen and oxygen atoms in total. The molecule has 0 N–H and O–H groups in total. The highest BCUT2D eigenvalue weighted by molar-refractivity contribution is 5.96. The molecule has 160 valence electrons. The topological polar surface area (TPSA) is 86.0 Å². The van der Waals surface area contributed by atoms with E-state index in [1.807, 2.05) is 24.0 Å². The van der Waals surface area contributed by atoms with Gasteiger partial charge in [-0.1, -0.05) is 6.92 Å². The fraction of sp³-hybridized carbons (Fsp3) is 0.409. The van der Waals surface area contributed by atoms with Crippen LogP contribution in [0.1, 0.15) is 35.9 Å². The average molecular weight is 422 g/mol. The predicted octanol–water partition coefficient (Wildman–Crippen LogP) is 2.82. The third kappa shape index (κ3) is 3.54. The number of carbonyl (C=O) groups is 1. The molecule has 9 heteroatoms. The number of halogens is 1. The monoisotopic (exact) mass is 422 g/mol. The van der Waals surface area contributed by atoms with Crippen molar-refractivity contribution in [3.05, 3.63) is 60.1 Å². The van der Waals surface area contributed by atoms with E-state index in [4.69, 9.17) is 4.74 Å². The van der Waals surface area contributed by atoms with Crippen LogP contribution in [0.15, 0.2) is 42.9 Å². The molecule has 3 aromatic rings. The summed E-state index contributed by atoms with van der Waals surface area (Å²) in [7, 11) is 0. The second kappa shape index (κ2) is 7.72. The summed E-state index contributed by atoms with van der Waals surface area (Å²) in [6.07, 6.45) is 6.23. The molecule has 3 aliphatic rings. The van der Waals surface area contributed by atoms with E-state index in [-0.39, 0.29) is 23.9 Å². The van der Waals surface area contributed by atoms with Crippen molar-refractivity contribution in [2.45, 2.75) is 38.8 Å². The van der Waals surface area contributed by atoms with Crippen molar-refractivity contribution in [3.8, 4) is 11.6 Å². The van der Waals surface area contributed by atoms with Gasteiger partial charge in [-0.3, -0.25) is 4.79 Å². The van der Waals surface area contributed by atoms with Crippen molar-refractivity contribution < 1.29 is 13.9 Å². The molecule has 2 atom stereocenters. The maximum absolute atomic E-state index is 13.8. The Morgan fingerprint density at radius 1 is 1.19 bits per heavy atom. The standard InChI is InChI=1S/C22H23FN6O2/c1-13-3-5-18(29-25-7-8-26-29)21(27-13)22(30)28-17-9-15(10-17)14(2)19(28)12-31-20-6-4-16(23)11-24-20/h3-8,11,14-15,17,19H,9-10,12H2,1-2H3. The molecule has 6 rings (SSSR count). The van der Waals surface area contributed by atoms with Gasteiger partial charge in [-0.05, 0) is 49.8 Å². The Labute approximate surface area is 179 Å². The lowest BCUT2D eigenvalue weighted by Gasteiger charge is -2.57. The number of fused-ring (bicyclic) bond motifs is 2. The van der Waals surface area contributed by atoms with Gasteiger partial charge in [-0.2, -0.15) is 10.2 Å². The molecule has 0 radical (unpaired) electrons. The van der Waals surface area contributed by atoms with E-state index >= 15 is 0 Å². The van der Waals surface area contributed by atoms with Gasteiger partial charge in [0.05, 0.1) is 24.6 Å². The Balaban J connectivity index is 1.45. The fourth-order valence-corrected chi connectivity index (χ4v) is 4.62. The Bertz CT molecular complexity index is 1080. The summed E-state index contributed by atoms with van der Waals surface area (Å²) < 4.78 is 19.0. The molecule has 1 saturated carbocycles. The van der Waals surface area contributed by atoms with Crippen LogP contribution in [0.4, 0.5) is 4.39 Å². The van der Waals surface area contributed by atoms with Gasteiger partial charge in [0, 0.05) is 17.8 Å². The first kappa shape index (κ1) is 19.6. The van der Waals surface area contributed by atoms with Gasteiger partial charge in [-0.15, -0.1) is 4.80 Å². The molecular formula is C22H23FN6O2. The first-order valence-electron chi connectivity index (χ1n) is 10.4. The third-order valence-electron chi connectivity index (χ3n) is 6.44. The molecule has 0 aromatic carbocycles. The Hall–Kier alpha value is -3.36. The lowest BCUT2D eigenvalue weighted by molar-refractivity contribution is -0.0677. The van der Waals surface area contributed by atoms with E-state index in [0.717, 1.165) is 24.7 Å². The Kier molecular flexibility index (Phi) is 4.88. The van der Waals surface area contributed by atoms with Gasteiger partial charge in [0.2, 0.25) is 5.88 Å². The molecule has 2 unspecified atom stereocenters. The van der Waals surface area contributed by atoms with E-state index < -0.39 is 5.82 Å². The van der Waals surface area contributed by atoms with Crippen LogP contribution in [0, 0.1) is 24.6 Å². The molecule has 3 aromatic heterocycles. The number of carbonyl (C=O) groups excluding carboxylic acids is 1. The van der Waals surface area contributed by atoms with Crippen molar-refractivity contribution in [1.29, 1.82) is 0 Å². The highest BCUT2D eigenvalue weighted by Crippen LogP contribution is 2.47. The number of aryl methyl sites for hydroxylation is 1. The number of rotatable bonds is 5. The molecular weight excluding hydrogens is 399 g/mol. The van der Waals surface area contributed by atoms with E-state index in [1.54, 1.807) is 12.4 Å². The van der Waals surface area contributed by atoms with E-state index in [9.17, 15) is 9.18 Å². The zero-order chi connectivity index (χ0) is 21.5. The van der Waals surface area contributed by atoms with Crippen LogP contribution in [0.3, 0.4) is 0 Å². The maximum Gasteiger partial charge on any atom is 0.275 e. The number of ether oxygens (including phenoxy) is 1. The van der Waals surface area contributed by atoms with Gasteiger partial charge in [0.25, 0.3) is 5.91 Å². The van der Waals surface area contributed by atoms with Crippen molar-refractivity contribution in [1.82, 2.24) is 29.9 Å². The highest BCUT2D eigenvalue weighted by atomic mass is 19.1. The second-order valence-electron chi connectivity index (χ2n) is 8.29. The van der Waals surface area contributed by atoms with E-state index in [1.165, 1.54) is 16.9 Å². The highest BCUT2D eigenvalue weighted by Gasteiger charge is 2.51. The number of nitrogens with zero attached hydrogens (tertiary/aromatic N) is 6. The third-order valence-corrected chi connectivity index (χ3v) is 6.44. The zero-order valence-electron chi connectivity index (χ0n) is 17.3. The number of hydrogen-bond donors (Lipinski definition) is 0. The largest absolute Gasteiger partial charge is 0.475 e. The van der Waals surface area contributed by atoms with Gasteiger partial charge >= 0.3 is 0 Å². The van der Waals surface area contributed by atoms with Crippen molar-refractivity contribution >= 4 is 5.91 Å². The van der Waals surface area contributed by atoms with Gasteiger partial charge in [-0.25, -0.2) is 14.4 Å². The molecule has 1 aliphatic carbocycles. The summed E-state index contributed by atoms with van der Waals surface area (Å²) in [5, 5.41) is 8.36. The van der Waals surface area contributed by atoms with Crippen LogP contribution in [-0.4, -0.2) is 54.5 Å². The average Bonchev–Trinajstić information content (AvgIpc) is 3.27. The molecule has 2 saturated heterocycles. The first-order valence-corrected chi connectivity index (χ1v) is 10.4. The molecule has 2 bridgehead atoms. The van der Waals surface area contributed by atoms with Crippen molar-refractivity contribution in [2.24, 2.45) is 11.8 Å². The summed E-state index contributed by atoms with van der Waals surface area (Å²) in [5.74, 6) is 0.621. The van der Waals surface area contributed by atoms with Gasteiger partial charge < -0.3 is 9.64 Å². The lowest BCUT2D eigenvalue weighted by Crippen LogP contribution is -2.64. The van der Waals surface area contributed by atoms with Crippen LogP contribution in [-0.2, 0) is 0 Å². The summed E-state index contributed by atoms with van der Waals surface area (Å²) in [4.78, 5) is 25.7. The number of pyridine rings is 2. The smallest absolute Gasteiger partial charge is 0.275 e. The normalized spacial score (nSPS) is 24.5. The van der Waals surface area contributed by atoms with Crippen LogP contribution < -0.4 is 4.74 Å². The molecule has 31 heavy (non-hydrogen) atoms. The second-order valence-corrected chi connectivity index (χ2v) is 8.29. The Morgan fingerprint density at radius 2 is 1.97 bits per heavy atom. The van der Waals surface area contributed by atoms with Crippen LogP contribution in [0.5, 0.6) is 5.88 Å². The Morgan fingerprint density at radius 3 is 2.68 bits per heavy atom.